The van der Waals surface area contributed by atoms with Gasteiger partial charge in [0.15, 0.2) is 0 Å². The molecule has 3 rings (SSSR count). The molecule has 2 aliphatic rings. The maximum absolute atomic E-state index is 14.1. The highest BCUT2D eigenvalue weighted by atomic mass is 19.1. The van der Waals surface area contributed by atoms with E-state index < -0.39 is 11.6 Å². The van der Waals surface area contributed by atoms with Crippen LogP contribution < -0.4 is 10.6 Å². The summed E-state index contributed by atoms with van der Waals surface area (Å²) in [5.41, 5.74) is 6.09. The molecule has 0 bridgehead atoms. The molecule has 4 heteroatoms. The number of hydrogen-bond donors (Lipinski definition) is 1. The van der Waals surface area contributed by atoms with Gasteiger partial charge in [-0.15, -0.1) is 0 Å². The second kappa shape index (κ2) is 4.50. The molecule has 0 unspecified atom stereocenters. The molecule has 0 amide bonds. The van der Waals surface area contributed by atoms with E-state index in [9.17, 15) is 8.78 Å². The molecule has 2 fully saturated rings. The molecule has 0 heterocycles. The summed E-state index contributed by atoms with van der Waals surface area (Å²) in [7, 11) is 0. The molecule has 18 heavy (non-hydrogen) atoms. The van der Waals surface area contributed by atoms with Crippen LogP contribution in [-0.2, 0) is 6.54 Å². The molecule has 0 aliphatic heterocycles. The zero-order valence-corrected chi connectivity index (χ0v) is 10.3. The Kier molecular flexibility index (Phi) is 2.98. The largest absolute Gasteiger partial charge is 0.364 e. The molecule has 2 aliphatic carbocycles. The predicted octanol–water partition coefficient (Wildman–Crippen LogP) is 2.80. The minimum atomic E-state index is -0.469. The van der Waals surface area contributed by atoms with Crippen LogP contribution in [0.15, 0.2) is 12.1 Å². The maximum Gasteiger partial charge on any atom is 0.149 e. The van der Waals surface area contributed by atoms with Crippen molar-refractivity contribution < 1.29 is 8.78 Å². The van der Waals surface area contributed by atoms with E-state index in [1.54, 1.807) is 0 Å². The quantitative estimate of drug-likeness (QED) is 0.873. The van der Waals surface area contributed by atoms with Gasteiger partial charge in [0.05, 0.1) is 0 Å². The SMILES string of the molecule is NCc1cc(F)c(N(CC2CC2)C2CC2)c(F)c1. The van der Waals surface area contributed by atoms with E-state index in [0.717, 1.165) is 19.4 Å². The van der Waals surface area contributed by atoms with Crippen molar-refractivity contribution in [2.45, 2.75) is 38.3 Å². The van der Waals surface area contributed by atoms with E-state index in [1.165, 1.54) is 25.0 Å². The van der Waals surface area contributed by atoms with Gasteiger partial charge in [0.25, 0.3) is 0 Å². The van der Waals surface area contributed by atoms with Crippen molar-refractivity contribution in [3.05, 3.63) is 29.3 Å². The molecule has 2 nitrogen and oxygen atoms in total. The molecule has 2 saturated carbocycles. The van der Waals surface area contributed by atoms with E-state index in [1.807, 2.05) is 4.90 Å². The van der Waals surface area contributed by atoms with Crippen molar-refractivity contribution in [3.8, 4) is 0 Å². The zero-order valence-electron chi connectivity index (χ0n) is 10.3. The van der Waals surface area contributed by atoms with Gasteiger partial charge in [-0.05, 0) is 49.3 Å². The summed E-state index contributed by atoms with van der Waals surface area (Å²) >= 11 is 0. The Bertz CT molecular complexity index is 430. The summed E-state index contributed by atoms with van der Waals surface area (Å²) in [6.07, 6.45) is 4.47. The van der Waals surface area contributed by atoms with Crippen molar-refractivity contribution in [2.75, 3.05) is 11.4 Å². The third-order valence-electron chi connectivity index (χ3n) is 3.74. The highest BCUT2D eigenvalue weighted by Gasteiger charge is 2.36. The molecular formula is C14H18F2N2. The fraction of sp³-hybridized carbons (Fsp3) is 0.571. The second-order valence-electron chi connectivity index (χ2n) is 5.44. The number of halogens is 2. The molecule has 2 N–H and O–H groups in total. The van der Waals surface area contributed by atoms with E-state index in [2.05, 4.69) is 0 Å². The van der Waals surface area contributed by atoms with Crippen LogP contribution in [0.4, 0.5) is 14.5 Å². The highest BCUT2D eigenvalue weighted by Crippen LogP contribution is 2.39. The van der Waals surface area contributed by atoms with Crippen LogP contribution in [0.5, 0.6) is 0 Å². The summed E-state index contributed by atoms with van der Waals surface area (Å²) < 4.78 is 28.1. The number of nitrogens with two attached hydrogens (primary N) is 1. The Hall–Kier alpha value is -1.16. The Morgan fingerprint density at radius 3 is 2.17 bits per heavy atom. The summed E-state index contributed by atoms with van der Waals surface area (Å²) in [6, 6.07) is 3.06. The first kappa shape index (κ1) is 11.9. The van der Waals surface area contributed by atoms with Crippen molar-refractivity contribution in [2.24, 2.45) is 11.7 Å². The Balaban J connectivity index is 1.92. The first-order valence-corrected chi connectivity index (χ1v) is 6.63. The Morgan fingerprint density at radius 1 is 1.11 bits per heavy atom. The van der Waals surface area contributed by atoms with Gasteiger partial charge < -0.3 is 10.6 Å². The molecule has 0 saturated heterocycles. The second-order valence-corrected chi connectivity index (χ2v) is 5.44. The standard InChI is InChI=1S/C14H18F2N2/c15-12-5-10(7-17)6-13(16)14(12)18(11-3-4-11)8-9-1-2-9/h5-6,9,11H,1-4,7-8,17H2. The van der Waals surface area contributed by atoms with Crippen molar-refractivity contribution >= 4 is 5.69 Å². The van der Waals surface area contributed by atoms with Gasteiger partial charge in [-0.25, -0.2) is 8.78 Å². The van der Waals surface area contributed by atoms with Gasteiger partial charge in [0.2, 0.25) is 0 Å². The number of rotatable bonds is 5. The molecule has 0 radical (unpaired) electrons. The monoisotopic (exact) mass is 252 g/mol. The van der Waals surface area contributed by atoms with Crippen LogP contribution in [0.2, 0.25) is 0 Å². The summed E-state index contributed by atoms with van der Waals surface area (Å²) in [5.74, 6) is -0.315. The third kappa shape index (κ3) is 2.34. The average Bonchev–Trinajstić information content (AvgIpc) is 3.19. The number of benzene rings is 1. The molecule has 0 aromatic heterocycles. The van der Waals surface area contributed by atoms with Crippen LogP contribution in [0.25, 0.3) is 0 Å². The van der Waals surface area contributed by atoms with Gasteiger partial charge in [-0.1, -0.05) is 0 Å². The lowest BCUT2D eigenvalue weighted by atomic mass is 10.1. The fourth-order valence-electron chi connectivity index (χ4n) is 2.40. The average molecular weight is 252 g/mol. The van der Waals surface area contributed by atoms with E-state index in [-0.39, 0.29) is 12.2 Å². The molecule has 0 atom stereocenters. The van der Waals surface area contributed by atoms with Crippen LogP contribution in [0.3, 0.4) is 0 Å². The lowest BCUT2D eigenvalue weighted by Crippen LogP contribution is -2.30. The Labute approximate surface area is 106 Å². The van der Waals surface area contributed by atoms with E-state index in [0.29, 0.717) is 17.5 Å². The van der Waals surface area contributed by atoms with Crippen LogP contribution in [0.1, 0.15) is 31.2 Å². The van der Waals surface area contributed by atoms with Gasteiger partial charge in [-0.2, -0.15) is 0 Å². The lowest BCUT2D eigenvalue weighted by molar-refractivity contribution is 0.560. The molecular weight excluding hydrogens is 234 g/mol. The fourth-order valence-corrected chi connectivity index (χ4v) is 2.40. The van der Waals surface area contributed by atoms with Crippen molar-refractivity contribution in [1.82, 2.24) is 0 Å². The topological polar surface area (TPSA) is 29.3 Å². The number of anilines is 1. The van der Waals surface area contributed by atoms with Crippen LogP contribution in [0, 0.1) is 17.6 Å². The first-order chi connectivity index (χ1) is 8.69. The summed E-state index contributed by atoms with van der Waals surface area (Å²) in [5, 5.41) is 0. The normalized spacial score (nSPS) is 19.1. The van der Waals surface area contributed by atoms with E-state index >= 15 is 0 Å². The van der Waals surface area contributed by atoms with Crippen molar-refractivity contribution in [1.29, 1.82) is 0 Å². The smallest absolute Gasteiger partial charge is 0.149 e. The minimum absolute atomic E-state index is 0.154. The third-order valence-corrected chi connectivity index (χ3v) is 3.74. The lowest BCUT2D eigenvalue weighted by Gasteiger charge is -2.26. The zero-order chi connectivity index (χ0) is 12.7. The summed E-state index contributed by atoms with van der Waals surface area (Å²) in [6.45, 7) is 0.959. The molecule has 0 spiro atoms. The van der Waals surface area contributed by atoms with Crippen LogP contribution >= 0.6 is 0 Å². The summed E-state index contributed by atoms with van der Waals surface area (Å²) in [4.78, 5) is 1.93. The first-order valence-electron chi connectivity index (χ1n) is 6.63. The Morgan fingerprint density at radius 2 is 1.72 bits per heavy atom. The molecule has 98 valence electrons. The predicted molar refractivity (Wildman–Crippen MR) is 67.3 cm³/mol. The van der Waals surface area contributed by atoms with Gasteiger partial charge in [0, 0.05) is 19.1 Å². The van der Waals surface area contributed by atoms with Crippen LogP contribution in [-0.4, -0.2) is 12.6 Å². The number of hydrogen-bond acceptors (Lipinski definition) is 2. The van der Waals surface area contributed by atoms with Gasteiger partial charge in [-0.3, -0.25) is 0 Å². The maximum atomic E-state index is 14.1. The van der Waals surface area contributed by atoms with Gasteiger partial charge in [0.1, 0.15) is 17.3 Å². The van der Waals surface area contributed by atoms with E-state index in [4.69, 9.17) is 5.73 Å². The minimum Gasteiger partial charge on any atom is -0.364 e. The van der Waals surface area contributed by atoms with Crippen molar-refractivity contribution in [3.63, 3.8) is 0 Å². The van der Waals surface area contributed by atoms with Gasteiger partial charge >= 0.3 is 0 Å². The molecule has 1 aromatic carbocycles. The highest BCUT2D eigenvalue weighted by molar-refractivity contribution is 5.53. The number of nitrogens with zero attached hydrogens (tertiary/aromatic N) is 1. The molecule has 1 aromatic rings.